The maximum atomic E-state index is 11.7. The number of cyclic esters (lactones) is 1. The van der Waals surface area contributed by atoms with Crippen molar-refractivity contribution in [1.29, 1.82) is 0 Å². The van der Waals surface area contributed by atoms with Crippen LogP contribution in [0, 0.1) is 0 Å². The highest BCUT2D eigenvalue weighted by Crippen LogP contribution is 2.33. The summed E-state index contributed by atoms with van der Waals surface area (Å²) in [4.78, 5) is 11.7. The zero-order valence-corrected chi connectivity index (χ0v) is 12.5. The third kappa shape index (κ3) is 3.86. The quantitative estimate of drug-likeness (QED) is 0.734. The van der Waals surface area contributed by atoms with Gasteiger partial charge in [0.25, 0.3) is 0 Å². The highest BCUT2D eigenvalue weighted by molar-refractivity contribution is 5.96. The van der Waals surface area contributed by atoms with Crippen LogP contribution < -0.4 is 14.8 Å². The molecule has 1 aromatic carbocycles. The average Bonchev–Trinajstić information content (AvgIpc) is 2.84. The summed E-state index contributed by atoms with van der Waals surface area (Å²) in [6, 6.07) is 3.67. The number of benzene rings is 1. The molecule has 0 aliphatic carbocycles. The van der Waals surface area contributed by atoms with Crippen molar-refractivity contribution < 1.29 is 24.1 Å². The normalized spacial score (nSPS) is 14.8. The molecule has 1 atom stereocenters. The first kappa shape index (κ1) is 15.6. The Kier molecular flexibility index (Phi) is 5.03. The van der Waals surface area contributed by atoms with Crippen molar-refractivity contribution in [3.05, 3.63) is 23.3 Å². The zero-order chi connectivity index (χ0) is 15.4. The molecule has 0 bridgehead atoms. The Hall–Kier alpha value is -1.79. The van der Waals surface area contributed by atoms with Gasteiger partial charge in [0.05, 0.1) is 7.11 Å². The Morgan fingerprint density at radius 1 is 1.43 bits per heavy atom. The van der Waals surface area contributed by atoms with Crippen LogP contribution in [-0.2, 0) is 11.3 Å². The average molecular weight is 295 g/mol. The second-order valence-corrected chi connectivity index (χ2v) is 5.26. The number of fused-ring (bicyclic) bond motifs is 1. The fourth-order valence-electron chi connectivity index (χ4n) is 2.05. The van der Waals surface area contributed by atoms with Gasteiger partial charge >= 0.3 is 5.97 Å². The highest BCUT2D eigenvalue weighted by atomic mass is 16.5. The van der Waals surface area contributed by atoms with Gasteiger partial charge in [-0.1, -0.05) is 13.8 Å². The Labute approximate surface area is 124 Å². The van der Waals surface area contributed by atoms with E-state index in [4.69, 9.17) is 14.2 Å². The molecule has 6 nitrogen and oxygen atoms in total. The van der Waals surface area contributed by atoms with Crippen LogP contribution in [0.2, 0.25) is 0 Å². The zero-order valence-electron chi connectivity index (χ0n) is 12.5. The van der Waals surface area contributed by atoms with Gasteiger partial charge in [-0.3, -0.25) is 0 Å². The maximum Gasteiger partial charge on any atom is 0.342 e. The van der Waals surface area contributed by atoms with Crippen LogP contribution in [0.15, 0.2) is 12.1 Å². The monoisotopic (exact) mass is 295 g/mol. The molecule has 0 saturated carbocycles. The summed E-state index contributed by atoms with van der Waals surface area (Å²) >= 11 is 0. The summed E-state index contributed by atoms with van der Waals surface area (Å²) in [6.07, 6.45) is -0.660. The van der Waals surface area contributed by atoms with E-state index in [9.17, 15) is 9.90 Å². The van der Waals surface area contributed by atoms with Crippen LogP contribution in [0.25, 0.3) is 0 Å². The molecule has 21 heavy (non-hydrogen) atoms. The van der Waals surface area contributed by atoms with Crippen molar-refractivity contribution in [2.45, 2.75) is 32.6 Å². The van der Waals surface area contributed by atoms with Gasteiger partial charge in [0.2, 0.25) is 0 Å². The van der Waals surface area contributed by atoms with Crippen molar-refractivity contribution in [2.75, 3.05) is 20.3 Å². The molecular formula is C15H21NO5. The topological polar surface area (TPSA) is 77.0 Å². The number of aliphatic hydroxyl groups excluding tert-OH is 1. The first-order valence-corrected chi connectivity index (χ1v) is 6.93. The minimum absolute atomic E-state index is 0.0899. The molecule has 1 aromatic rings. The largest absolute Gasteiger partial charge is 0.497 e. The summed E-state index contributed by atoms with van der Waals surface area (Å²) in [7, 11) is 1.55. The third-order valence-corrected chi connectivity index (χ3v) is 3.15. The van der Waals surface area contributed by atoms with E-state index in [1.807, 2.05) is 13.8 Å². The number of rotatable bonds is 7. The van der Waals surface area contributed by atoms with Crippen molar-refractivity contribution in [1.82, 2.24) is 5.32 Å². The van der Waals surface area contributed by atoms with E-state index < -0.39 is 12.1 Å². The number of carbonyl (C=O) groups is 1. The van der Waals surface area contributed by atoms with E-state index in [-0.39, 0.29) is 19.3 Å². The number of esters is 1. The number of aliphatic hydroxyl groups is 1. The van der Waals surface area contributed by atoms with Crippen LogP contribution in [0.3, 0.4) is 0 Å². The van der Waals surface area contributed by atoms with E-state index in [2.05, 4.69) is 5.32 Å². The first-order valence-electron chi connectivity index (χ1n) is 6.93. The number of methoxy groups -OCH3 is 1. The van der Waals surface area contributed by atoms with Crippen LogP contribution in [0.4, 0.5) is 0 Å². The lowest BCUT2D eigenvalue weighted by atomic mass is 10.1. The Balaban J connectivity index is 2.06. The molecule has 0 saturated heterocycles. The lowest BCUT2D eigenvalue weighted by Crippen LogP contribution is -2.35. The van der Waals surface area contributed by atoms with Crippen molar-refractivity contribution in [3.8, 4) is 11.5 Å². The summed E-state index contributed by atoms with van der Waals surface area (Å²) in [5.74, 6) is 0.574. The number of carbonyl (C=O) groups excluding carboxylic acids is 1. The lowest BCUT2D eigenvalue weighted by Gasteiger charge is -2.16. The molecule has 0 spiro atoms. The standard InChI is InChI=1S/C15H21NO5/c1-9(2)16-6-11(17)8-20-13-5-12(19-3)4-10-7-21-15(18)14(10)13/h4-5,9,11,16-17H,6-8H2,1-3H3. The van der Waals surface area contributed by atoms with Gasteiger partial charge in [-0.25, -0.2) is 4.79 Å². The molecule has 0 radical (unpaired) electrons. The molecule has 1 heterocycles. The fourth-order valence-corrected chi connectivity index (χ4v) is 2.05. The summed E-state index contributed by atoms with van der Waals surface area (Å²) in [5.41, 5.74) is 1.16. The summed E-state index contributed by atoms with van der Waals surface area (Å²) < 4.78 is 15.8. The number of ether oxygens (including phenoxy) is 3. The summed E-state index contributed by atoms with van der Waals surface area (Å²) in [5, 5.41) is 13.0. The van der Waals surface area contributed by atoms with Crippen LogP contribution in [0.1, 0.15) is 29.8 Å². The first-order chi connectivity index (χ1) is 10.0. The molecule has 1 aliphatic rings. The molecule has 1 aliphatic heterocycles. The smallest absolute Gasteiger partial charge is 0.342 e. The Morgan fingerprint density at radius 2 is 2.19 bits per heavy atom. The molecule has 116 valence electrons. The minimum Gasteiger partial charge on any atom is -0.497 e. The molecule has 0 fully saturated rings. The van der Waals surface area contributed by atoms with Crippen LogP contribution >= 0.6 is 0 Å². The van der Waals surface area contributed by atoms with Crippen LogP contribution in [-0.4, -0.2) is 43.5 Å². The molecular weight excluding hydrogens is 274 g/mol. The van der Waals surface area contributed by atoms with Crippen molar-refractivity contribution >= 4 is 5.97 Å². The molecule has 0 aromatic heterocycles. The molecule has 0 amide bonds. The number of nitrogens with one attached hydrogen (secondary N) is 1. The lowest BCUT2D eigenvalue weighted by molar-refractivity contribution is 0.0528. The van der Waals surface area contributed by atoms with Crippen LogP contribution in [0.5, 0.6) is 11.5 Å². The molecule has 1 unspecified atom stereocenters. The SMILES string of the molecule is COc1cc2c(c(OCC(O)CNC(C)C)c1)C(=O)OC2. The third-order valence-electron chi connectivity index (χ3n) is 3.15. The second kappa shape index (κ2) is 6.78. The molecule has 6 heteroatoms. The maximum absolute atomic E-state index is 11.7. The predicted molar refractivity (Wildman–Crippen MR) is 76.8 cm³/mol. The van der Waals surface area contributed by atoms with Crippen molar-refractivity contribution in [3.63, 3.8) is 0 Å². The fraction of sp³-hybridized carbons (Fsp3) is 0.533. The van der Waals surface area contributed by atoms with Gasteiger partial charge in [0.1, 0.15) is 36.4 Å². The van der Waals surface area contributed by atoms with Gasteiger partial charge < -0.3 is 24.6 Å². The summed E-state index contributed by atoms with van der Waals surface area (Å²) in [6.45, 7) is 4.73. The van der Waals surface area contributed by atoms with Gasteiger partial charge in [-0.2, -0.15) is 0 Å². The van der Waals surface area contributed by atoms with E-state index in [0.29, 0.717) is 23.6 Å². The van der Waals surface area contributed by atoms with Gasteiger partial charge in [0.15, 0.2) is 0 Å². The van der Waals surface area contributed by atoms with E-state index in [1.54, 1.807) is 19.2 Å². The van der Waals surface area contributed by atoms with E-state index in [0.717, 1.165) is 5.56 Å². The molecule has 2 rings (SSSR count). The Morgan fingerprint density at radius 3 is 2.86 bits per heavy atom. The molecule has 2 N–H and O–H groups in total. The van der Waals surface area contributed by atoms with Crippen molar-refractivity contribution in [2.24, 2.45) is 0 Å². The number of hydrogen-bond donors (Lipinski definition) is 2. The Bertz CT molecular complexity index is 515. The second-order valence-electron chi connectivity index (χ2n) is 5.26. The van der Waals surface area contributed by atoms with E-state index >= 15 is 0 Å². The van der Waals surface area contributed by atoms with Gasteiger partial charge in [-0.15, -0.1) is 0 Å². The van der Waals surface area contributed by atoms with Gasteiger partial charge in [-0.05, 0) is 6.07 Å². The minimum atomic E-state index is -0.660. The number of hydrogen-bond acceptors (Lipinski definition) is 6. The predicted octanol–water partition coefficient (Wildman–Crippen LogP) is 1.10. The highest BCUT2D eigenvalue weighted by Gasteiger charge is 2.27. The van der Waals surface area contributed by atoms with E-state index in [1.165, 1.54) is 0 Å². The van der Waals surface area contributed by atoms with Gasteiger partial charge in [0, 0.05) is 24.2 Å².